The molecule has 5 rings (SSSR count). The second-order valence-corrected chi connectivity index (χ2v) is 8.38. The Morgan fingerprint density at radius 1 is 1.20 bits per heavy atom. The second-order valence-electron chi connectivity index (χ2n) is 7.49. The fraction of sp³-hybridized carbons (Fsp3) is 0.286. The zero-order valence-electron chi connectivity index (χ0n) is 16.1. The van der Waals surface area contributed by atoms with Crippen LogP contribution in [0.2, 0.25) is 0 Å². The lowest BCUT2D eigenvalue weighted by Gasteiger charge is -2.30. The maximum absolute atomic E-state index is 13.2. The van der Waals surface area contributed by atoms with Gasteiger partial charge in [-0.25, -0.2) is 0 Å². The van der Waals surface area contributed by atoms with Gasteiger partial charge in [0.2, 0.25) is 0 Å². The molecule has 1 N–H and O–H groups in total. The highest BCUT2D eigenvalue weighted by molar-refractivity contribution is 7.11. The molecule has 0 radical (unpaired) electrons. The van der Waals surface area contributed by atoms with E-state index in [-0.39, 0.29) is 23.1 Å². The molecule has 152 valence electrons. The Kier molecular flexibility index (Phi) is 4.66. The van der Waals surface area contributed by atoms with Crippen LogP contribution in [-0.2, 0) is 13.0 Å². The van der Waals surface area contributed by atoms with E-state index in [1.807, 2.05) is 6.20 Å². The SMILES string of the molecule is O=C(Nc1cccnc1)c1c2c(cn(C3CC3)c1=O)CN(C(=O)c1cncs1)CC2. The highest BCUT2D eigenvalue weighted by Crippen LogP contribution is 2.35. The molecule has 0 saturated heterocycles. The van der Waals surface area contributed by atoms with E-state index in [1.165, 1.54) is 11.3 Å². The predicted molar refractivity (Wildman–Crippen MR) is 112 cm³/mol. The molecule has 8 nitrogen and oxygen atoms in total. The van der Waals surface area contributed by atoms with Crippen LogP contribution >= 0.6 is 11.3 Å². The van der Waals surface area contributed by atoms with Crippen molar-refractivity contribution >= 4 is 28.8 Å². The lowest BCUT2D eigenvalue weighted by atomic mass is 9.95. The van der Waals surface area contributed by atoms with Crippen LogP contribution in [0.4, 0.5) is 5.69 Å². The summed E-state index contributed by atoms with van der Waals surface area (Å²) in [6, 6.07) is 3.58. The first kappa shape index (κ1) is 18.7. The van der Waals surface area contributed by atoms with Gasteiger partial charge in [0.05, 0.1) is 23.6 Å². The molecule has 0 bridgehead atoms. The van der Waals surface area contributed by atoms with Gasteiger partial charge >= 0.3 is 0 Å². The first-order chi connectivity index (χ1) is 14.6. The van der Waals surface area contributed by atoms with E-state index in [0.717, 1.165) is 24.0 Å². The van der Waals surface area contributed by atoms with Crippen molar-refractivity contribution in [1.82, 2.24) is 19.4 Å². The van der Waals surface area contributed by atoms with Crippen molar-refractivity contribution in [3.05, 3.63) is 74.4 Å². The maximum atomic E-state index is 13.2. The van der Waals surface area contributed by atoms with Crippen LogP contribution in [0.5, 0.6) is 0 Å². The largest absolute Gasteiger partial charge is 0.333 e. The maximum Gasteiger partial charge on any atom is 0.265 e. The number of pyridine rings is 2. The van der Waals surface area contributed by atoms with Gasteiger partial charge in [0, 0.05) is 31.5 Å². The molecule has 2 aliphatic rings. The molecule has 9 heteroatoms. The highest BCUT2D eigenvalue weighted by Gasteiger charge is 2.32. The molecule has 0 unspecified atom stereocenters. The molecule has 0 spiro atoms. The van der Waals surface area contributed by atoms with E-state index < -0.39 is 5.91 Å². The topological polar surface area (TPSA) is 97.2 Å². The summed E-state index contributed by atoms with van der Waals surface area (Å²) in [6.07, 6.45) is 8.87. The van der Waals surface area contributed by atoms with Crippen molar-refractivity contribution in [3.63, 3.8) is 0 Å². The number of thiazole rings is 1. The Bertz CT molecular complexity index is 1170. The van der Waals surface area contributed by atoms with Crippen LogP contribution in [0, 0.1) is 0 Å². The molecular formula is C21H19N5O3S. The number of fused-ring (bicyclic) bond motifs is 1. The third kappa shape index (κ3) is 3.41. The fourth-order valence-corrected chi connectivity index (χ4v) is 4.40. The molecule has 3 aromatic rings. The summed E-state index contributed by atoms with van der Waals surface area (Å²) in [5, 5.41) is 2.79. The molecule has 2 amide bonds. The number of hydrogen-bond donors (Lipinski definition) is 1. The Hall–Kier alpha value is -3.33. The molecule has 1 saturated carbocycles. The Morgan fingerprint density at radius 3 is 2.77 bits per heavy atom. The molecular weight excluding hydrogens is 402 g/mol. The smallest absolute Gasteiger partial charge is 0.265 e. The Morgan fingerprint density at radius 2 is 2.07 bits per heavy atom. The number of amides is 2. The molecule has 4 heterocycles. The highest BCUT2D eigenvalue weighted by atomic mass is 32.1. The van der Waals surface area contributed by atoms with E-state index in [9.17, 15) is 14.4 Å². The van der Waals surface area contributed by atoms with Gasteiger partial charge in [-0.3, -0.25) is 24.4 Å². The average molecular weight is 421 g/mol. The molecule has 3 aromatic heterocycles. The van der Waals surface area contributed by atoms with Gasteiger partial charge in [-0.05, 0) is 42.5 Å². The van der Waals surface area contributed by atoms with Crippen LogP contribution in [-0.4, -0.2) is 37.8 Å². The third-order valence-electron chi connectivity index (χ3n) is 5.44. The average Bonchev–Trinajstić information content (AvgIpc) is 3.46. The summed E-state index contributed by atoms with van der Waals surface area (Å²) in [7, 11) is 0. The summed E-state index contributed by atoms with van der Waals surface area (Å²) in [6.45, 7) is 0.816. The number of aromatic nitrogens is 3. The van der Waals surface area contributed by atoms with Gasteiger partial charge < -0.3 is 14.8 Å². The first-order valence-corrected chi connectivity index (χ1v) is 10.7. The lowest BCUT2D eigenvalue weighted by molar-refractivity contribution is 0.0738. The van der Waals surface area contributed by atoms with Gasteiger partial charge in [0.25, 0.3) is 17.4 Å². The van der Waals surface area contributed by atoms with E-state index in [0.29, 0.717) is 30.1 Å². The minimum atomic E-state index is -0.429. The van der Waals surface area contributed by atoms with Crippen LogP contribution in [0.15, 0.2) is 47.2 Å². The van der Waals surface area contributed by atoms with Crippen LogP contribution < -0.4 is 10.9 Å². The van der Waals surface area contributed by atoms with Gasteiger partial charge in [-0.2, -0.15) is 0 Å². The number of nitrogens with one attached hydrogen (secondary N) is 1. The van der Waals surface area contributed by atoms with Gasteiger partial charge in [0.1, 0.15) is 10.4 Å². The number of carbonyl (C=O) groups is 2. The zero-order valence-corrected chi connectivity index (χ0v) is 16.9. The van der Waals surface area contributed by atoms with E-state index in [1.54, 1.807) is 45.7 Å². The van der Waals surface area contributed by atoms with Crippen LogP contribution in [0.3, 0.4) is 0 Å². The van der Waals surface area contributed by atoms with Crippen molar-refractivity contribution in [2.24, 2.45) is 0 Å². The Balaban J connectivity index is 1.51. The molecule has 30 heavy (non-hydrogen) atoms. The monoisotopic (exact) mass is 421 g/mol. The lowest BCUT2D eigenvalue weighted by Crippen LogP contribution is -2.40. The van der Waals surface area contributed by atoms with Crippen LogP contribution in [0.1, 0.15) is 50.0 Å². The quantitative estimate of drug-likeness (QED) is 0.698. The number of hydrogen-bond acceptors (Lipinski definition) is 6. The van der Waals surface area contributed by atoms with Gasteiger partial charge in [-0.1, -0.05) is 0 Å². The Labute approximate surface area is 176 Å². The number of carbonyl (C=O) groups excluding carboxylic acids is 2. The predicted octanol–water partition coefficient (Wildman–Crippen LogP) is 2.49. The van der Waals surface area contributed by atoms with Crippen molar-refractivity contribution in [3.8, 4) is 0 Å². The molecule has 0 aromatic carbocycles. The summed E-state index contributed by atoms with van der Waals surface area (Å²) >= 11 is 1.31. The zero-order chi connectivity index (χ0) is 20.7. The van der Waals surface area contributed by atoms with E-state index in [4.69, 9.17) is 0 Å². The summed E-state index contributed by atoms with van der Waals surface area (Å²) in [5.74, 6) is -0.504. The summed E-state index contributed by atoms with van der Waals surface area (Å²) < 4.78 is 1.66. The van der Waals surface area contributed by atoms with E-state index in [2.05, 4.69) is 15.3 Å². The van der Waals surface area contributed by atoms with Crippen LogP contribution in [0.25, 0.3) is 0 Å². The van der Waals surface area contributed by atoms with Gasteiger partial charge in [-0.15, -0.1) is 11.3 Å². The summed E-state index contributed by atoms with van der Waals surface area (Å²) in [4.78, 5) is 49.3. The number of nitrogens with zero attached hydrogens (tertiary/aromatic N) is 4. The molecule has 0 atom stereocenters. The van der Waals surface area contributed by atoms with E-state index >= 15 is 0 Å². The molecule has 1 fully saturated rings. The number of rotatable bonds is 4. The molecule has 1 aliphatic carbocycles. The summed E-state index contributed by atoms with van der Waals surface area (Å²) in [5.41, 5.74) is 3.66. The number of anilines is 1. The third-order valence-corrected chi connectivity index (χ3v) is 6.20. The minimum Gasteiger partial charge on any atom is -0.333 e. The van der Waals surface area contributed by atoms with Crippen molar-refractivity contribution < 1.29 is 9.59 Å². The molecule has 1 aliphatic heterocycles. The van der Waals surface area contributed by atoms with Crippen molar-refractivity contribution in [2.45, 2.75) is 31.8 Å². The first-order valence-electron chi connectivity index (χ1n) is 9.78. The fourth-order valence-electron chi connectivity index (χ4n) is 3.82. The van der Waals surface area contributed by atoms with Gasteiger partial charge in [0.15, 0.2) is 0 Å². The van der Waals surface area contributed by atoms with Crippen molar-refractivity contribution in [1.29, 1.82) is 0 Å². The standard InChI is InChI=1S/C21H19N5O3S/c27-19(24-14-2-1-6-22-8-14)18-16-5-7-25(20(28)17-9-23-12-30-17)10-13(16)11-26(21(18)29)15-3-4-15/h1-2,6,8-9,11-12,15H,3-5,7,10H2,(H,24,27). The minimum absolute atomic E-state index is 0.0753. The normalized spacial score (nSPS) is 15.5. The van der Waals surface area contributed by atoms with Crippen molar-refractivity contribution in [2.75, 3.05) is 11.9 Å². The second kappa shape index (κ2) is 7.49.